The molecule has 19 heavy (non-hydrogen) atoms. The number of rotatable bonds is 4. The number of amides is 1. The Kier molecular flexibility index (Phi) is 4.01. The molecule has 0 atom stereocenters. The zero-order chi connectivity index (χ0) is 13.8. The van der Waals surface area contributed by atoms with E-state index in [1.165, 1.54) is 23.4 Å². The van der Waals surface area contributed by atoms with E-state index in [9.17, 15) is 9.90 Å². The number of carbonyl (C=O) groups is 1. The predicted octanol–water partition coefficient (Wildman–Crippen LogP) is 1.74. The van der Waals surface area contributed by atoms with Crippen LogP contribution >= 0.6 is 11.6 Å². The number of hydrogen-bond donors (Lipinski definition) is 1. The molecule has 1 N–H and O–H groups in total. The van der Waals surface area contributed by atoms with Crippen molar-refractivity contribution in [3.63, 3.8) is 0 Å². The molecule has 0 aliphatic rings. The van der Waals surface area contributed by atoms with Crippen LogP contribution in [0.15, 0.2) is 29.1 Å². The Balaban J connectivity index is 2.02. The minimum Gasteiger partial charge on any atom is -0.507 e. The predicted molar refractivity (Wildman–Crippen MR) is 68.1 cm³/mol. The summed E-state index contributed by atoms with van der Waals surface area (Å²) in [5, 5.41) is 13.7. The molecular formula is C12H12ClN3O3. The second-order valence-corrected chi connectivity index (χ2v) is 4.42. The topological polar surface area (TPSA) is 79.5 Å². The van der Waals surface area contributed by atoms with Gasteiger partial charge >= 0.3 is 0 Å². The monoisotopic (exact) mass is 281 g/mol. The van der Waals surface area contributed by atoms with Gasteiger partial charge in [-0.15, -0.1) is 0 Å². The fraction of sp³-hybridized carbons (Fsp3) is 0.250. The quantitative estimate of drug-likeness (QED) is 0.923. The zero-order valence-corrected chi connectivity index (χ0v) is 11.0. The Labute approximate surface area is 114 Å². The summed E-state index contributed by atoms with van der Waals surface area (Å²) in [6.07, 6.45) is 1.72. The normalized spacial score (nSPS) is 10.4. The van der Waals surface area contributed by atoms with Crippen LogP contribution in [0.1, 0.15) is 16.2 Å². The molecule has 1 aromatic heterocycles. The van der Waals surface area contributed by atoms with E-state index in [0.717, 1.165) is 0 Å². The van der Waals surface area contributed by atoms with Gasteiger partial charge in [0, 0.05) is 25.0 Å². The van der Waals surface area contributed by atoms with Gasteiger partial charge in [0.2, 0.25) is 6.39 Å². The molecule has 100 valence electrons. The highest BCUT2D eigenvalue weighted by molar-refractivity contribution is 6.30. The molecule has 2 rings (SSSR count). The second kappa shape index (κ2) is 5.71. The number of carbonyl (C=O) groups excluding carboxylic acids is 1. The smallest absolute Gasteiger partial charge is 0.257 e. The molecule has 0 unspecified atom stereocenters. The van der Waals surface area contributed by atoms with Crippen LogP contribution < -0.4 is 0 Å². The maximum Gasteiger partial charge on any atom is 0.257 e. The van der Waals surface area contributed by atoms with Crippen LogP contribution in [0.25, 0.3) is 0 Å². The summed E-state index contributed by atoms with van der Waals surface area (Å²) in [7, 11) is 1.64. The summed E-state index contributed by atoms with van der Waals surface area (Å²) in [6.45, 7) is 0.417. The first-order valence-corrected chi connectivity index (χ1v) is 5.95. The number of benzene rings is 1. The van der Waals surface area contributed by atoms with Gasteiger partial charge in [-0.1, -0.05) is 16.8 Å². The molecule has 0 spiro atoms. The van der Waals surface area contributed by atoms with Crippen molar-refractivity contribution >= 4 is 17.5 Å². The molecule has 0 fully saturated rings. The average Bonchev–Trinajstić information content (AvgIpc) is 2.88. The van der Waals surface area contributed by atoms with Crippen molar-refractivity contribution < 1.29 is 14.4 Å². The highest BCUT2D eigenvalue weighted by Crippen LogP contribution is 2.22. The van der Waals surface area contributed by atoms with E-state index in [-0.39, 0.29) is 17.2 Å². The third-order valence-electron chi connectivity index (χ3n) is 2.61. The van der Waals surface area contributed by atoms with E-state index >= 15 is 0 Å². The first-order valence-electron chi connectivity index (χ1n) is 5.57. The van der Waals surface area contributed by atoms with Crippen LogP contribution in [-0.4, -0.2) is 39.6 Å². The fourth-order valence-corrected chi connectivity index (χ4v) is 1.73. The first-order chi connectivity index (χ1) is 9.08. The summed E-state index contributed by atoms with van der Waals surface area (Å²) in [5.74, 6) is 0.0987. The molecule has 0 saturated heterocycles. The van der Waals surface area contributed by atoms with Crippen molar-refractivity contribution in [2.75, 3.05) is 13.6 Å². The lowest BCUT2D eigenvalue weighted by atomic mass is 10.1. The van der Waals surface area contributed by atoms with Gasteiger partial charge < -0.3 is 14.5 Å². The molecular weight excluding hydrogens is 270 g/mol. The molecule has 6 nitrogen and oxygen atoms in total. The van der Waals surface area contributed by atoms with Gasteiger partial charge in [0.1, 0.15) is 5.75 Å². The van der Waals surface area contributed by atoms with Crippen LogP contribution in [-0.2, 0) is 6.42 Å². The molecule has 7 heteroatoms. The minimum absolute atomic E-state index is 0.135. The lowest BCUT2D eigenvalue weighted by Gasteiger charge is -2.16. The van der Waals surface area contributed by atoms with E-state index in [2.05, 4.69) is 14.7 Å². The van der Waals surface area contributed by atoms with Gasteiger partial charge in [-0.25, -0.2) is 0 Å². The summed E-state index contributed by atoms with van der Waals surface area (Å²) < 4.78 is 4.60. The van der Waals surface area contributed by atoms with E-state index < -0.39 is 0 Å². The minimum atomic E-state index is -0.294. The van der Waals surface area contributed by atoms with Crippen molar-refractivity contribution in [1.82, 2.24) is 15.0 Å². The summed E-state index contributed by atoms with van der Waals surface area (Å²) in [5.41, 5.74) is 0.208. The van der Waals surface area contributed by atoms with E-state index in [1.807, 2.05) is 0 Å². The van der Waals surface area contributed by atoms with E-state index in [0.29, 0.717) is 23.8 Å². The summed E-state index contributed by atoms with van der Waals surface area (Å²) in [4.78, 5) is 17.4. The third-order valence-corrected chi connectivity index (χ3v) is 2.85. The maximum atomic E-state index is 12.1. The SMILES string of the molecule is CN(CCc1ncon1)C(=O)c1ccc(Cl)cc1O. The van der Waals surface area contributed by atoms with Crippen molar-refractivity contribution in [3.05, 3.63) is 41.0 Å². The average molecular weight is 282 g/mol. The van der Waals surface area contributed by atoms with Gasteiger partial charge in [0.25, 0.3) is 5.91 Å². The van der Waals surface area contributed by atoms with Crippen molar-refractivity contribution in [2.45, 2.75) is 6.42 Å². The molecule has 2 aromatic rings. The van der Waals surface area contributed by atoms with Crippen LogP contribution in [0.3, 0.4) is 0 Å². The van der Waals surface area contributed by atoms with Gasteiger partial charge in [-0.2, -0.15) is 4.98 Å². The lowest BCUT2D eigenvalue weighted by Crippen LogP contribution is -2.29. The summed E-state index contributed by atoms with van der Waals surface area (Å²) in [6, 6.07) is 4.38. The third kappa shape index (κ3) is 3.23. The van der Waals surface area contributed by atoms with Crippen LogP contribution in [0, 0.1) is 0 Å². The Bertz CT molecular complexity index is 572. The summed E-state index contributed by atoms with van der Waals surface area (Å²) >= 11 is 5.72. The Hall–Kier alpha value is -2.08. The number of halogens is 1. The van der Waals surface area contributed by atoms with Crippen LogP contribution in [0.2, 0.25) is 5.02 Å². The highest BCUT2D eigenvalue weighted by atomic mass is 35.5. The Morgan fingerprint density at radius 2 is 2.32 bits per heavy atom. The van der Waals surface area contributed by atoms with Gasteiger partial charge in [0.15, 0.2) is 5.82 Å². The second-order valence-electron chi connectivity index (χ2n) is 3.99. The first kappa shape index (κ1) is 13.4. The molecule has 1 amide bonds. The zero-order valence-electron chi connectivity index (χ0n) is 10.2. The number of phenols is 1. The standard InChI is InChI=1S/C12H12ClN3O3/c1-16(5-4-11-14-7-19-15-11)12(18)9-3-2-8(13)6-10(9)17/h2-3,6-7,17H,4-5H2,1H3. The lowest BCUT2D eigenvalue weighted by molar-refractivity contribution is 0.0793. The highest BCUT2D eigenvalue weighted by Gasteiger charge is 2.16. The number of aromatic hydroxyl groups is 1. The van der Waals surface area contributed by atoms with Gasteiger partial charge in [0.05, 0.1) is 5.56 Å². The number of likely N-dealkylation sites (N-methyl/N-ethyl adjacent to an activating group) is 1. The van der Waals surface area contributed by atoms with Gasteiger partial charge in [-0.3, -0.25) is 4.79 Å². The molecule has 0 saturated carbocycles. The number of aromatic nitrogens is 2. The largest absolute Gasteiger partial charge is 0.507 e. The van der Waals surface area contributed by atoms with E-state index in [1.54, 1.807) is 13.1 Å². The number of hydrogen-bond acceptors (Lipinski definition) is 5. The Morgan fingerprint density at radius 3 is 2.95 bits per heavy atom. The van der Waals surface area contributed by atoms with Crippen molar-refractivity contribution in [1.29, 1.82) is 0 Å². The van der Waals surface area contributed by atoms with Crippen LogP contribution in [0.5, 0.6) is 5.75 Å². The molecule has 1 heterocycles. The molecule has 0 radical (unpaired) electrons. The molecule has 0 bridgehead atoms. The van der Waals surface area contributed by atoms with E-state index in [4.69, 9.17) is 11.6 Å². The maximum absolute atomic E-state index is 12.1. The number of nitrogens with zero attached hydrogens (tertiary/aromatic N) is 3. The Morgan fingerprint density at radius 1 is 1.53 bits per heavy atom. The molecule has 1 aromatic carbocycles. The van der Waals surface area contributed by atoms with Crippen LogP contribution in [0.4, 0.5) is 0 Å². The van der Waals surface area contributed by atoms with Crippen molar-refractivity contribution in [3.8, 4) is 5.75 Å². The number of phenolic OH excluding ortho intramolecular Hbond substituents is 1. The molecule has 0 aliphatic carbocycles. The van der Waals surface area contributed by atoms with Crippen molar-refractivity contribution in [2.24, 2.45) is 0 Å². The fourth-order valence-electron chi connectivity index (χ4n) is 1.56. The molecule has 0 aliphatic heterocycles. The van der Waals surface area contributed by atoms with Gasteiger partial charge in [-0.05, 0) is 18.2 Å².